The molecule has 0 fully saturated rings. The van der Waals surface area contributed by atoms with Gasteiger partial charge in [-0.1, -0.05) is 23.2 Å². The van der Waals surface area contributed by atoms with Crippen LogP contribution in [0.5, 0.6) is 5.75 Å². The molecule has 0 aliphatic carbocycles. The Labute approximate surface area is 140 Å². The van der Waals surface area contributed by atoms with Gasteiger partial charge in [0, 0.05) is 12.1 Å². The number of hydrogen-bond donors (Lipinski definition) is 0. The van der Waals surface area contributed by atoms with Crippen molar-refractivity contribution in [2.75, 3.05) is 18.5 Å². The van der Waals surface area contributed by atoms with Crippen molar-refractivity contribution in [3.8, 4) is 5.75 Å². The molecule has 2 aromatic carbocycles. The van der Waals surface area contributed by atoms with Crippen LogP contribution in [0, 0.1) is 6.92 Å². The quantitative estimate of drug-likeness (QED) is 0.824. The van der Waals surface area contributed by atoms with E-state index in [9.17, 15) is 8.42 Å². The Hall–Kier alpha value is -1.43. The first-order valence-electron chi connectivity index (χ1n) is 6.36. The molecule has 118 valence electrons. The number of anilines is 1. The van der Waals surface area contributed by atoms with Gasteiger partial charge in [0.05, 0.1) is 17.8 Å². The summed E-state index contributed by atoms with van der Waals surface area (Å²) in [5.41, 5.74) is 1.15. The van der Waals surface area contributed by atoms with Gasteiger partial charge in [-0.05, 0) is 48.9 Å². The zero-order valence-electron chi connectivity index (χ0n) is 12.3. The van der Waals surface area contributed by atoms with Crippen LogP contribution in [0.4, 0.5) is 5.69 Å². The van der Waals surface area contributed by atoms with E-state index in [1.165, 1.54) is 23.5 Å². The van der Waals surface area contributed by atoms with Crippen LogP contribution in [-0.2, 0) is 10.0 Å². The third-order valence-electron chi connectivity index (χ3n) is 3.29. The summed E-state index contributed by atoms with van der Waals surface area (Å²) in [5.74, 6) is 0.648. The average Bonchev–Trinajstić information content (AvgIpc) is 2.50. The van der Waals surface area contributed by atoms with Crippen LogP contribution in [0.25, 0.3) is 0 Å². The van der Waals surface area contributed by atoms with E-state index in [-0.39, 0.29) is 9.92 Å². The SMILES string of the molecule is COc1ccc(N(C)S(=O)(=O)c2cc(C)c(Cl)cc2Cl)cc1. The van der Waals surface area contributed by atoms with Crippen molar-refractivity contribution in [1.29, 1.82) is 0 Å². The van der Waals surface area contributed by atoms with E-state index in [1.807, 2.05) is 0 Å². The molecule has 2 aromatic rings. The monoisotopic (exact) mass is 359 g/mol. The van der Waals surface area contributed by atoms with E-state index in [4.69, 9.17) is 27.9 Å². The number of hydrogen-bond acceptors (Lipinski definition) is 3. The van der Waals surface area contributed by atoms with E-state index < -0.39 is 10.0 Å². The van der Waals surface area contributed by atoms with Gasteiger partial charge in [0.1, 0.15) is 10.6 Å². The predicted octanol–water partition coefficient (Wildman–Crippen LogP) is 4.14. The minimum Gasteiger partial charge on any atom is -0.497 e. The van der Waals surface area contributed by atoms with Crippen LogP contribution in [0.2, 0.25) is 10.0 Å². The van der Waals surface area contributed by atoms with Crippen LogP contribution >= 0.6 is 23.2 Å². The van der Waals surface area contributed by atoms with Gasteiger partial charge >= 0.3 is 0 Å². The van der Waals surface area contributed by atoms with Gasteiger partial charge in [-0.2, -0.15) is 0 Å². The van der Waals surface area contributed by atoms with Gasteiger partial charge < -0.3 is 4.74 Å². The first-order chi connectivity index (χ1) is 10.3. The van der Waals surface area contributed by atoms with Crippen molar-refractivity contribution in [3.63, 3.8) is 0 Å². The van der Waals surface area contributed by atoms with Crippen LogP contribution in [-0.4, -0.2) is 22.6 Å². The zero-order valence-corrected chi connectivity index (χ0v) is 14.6. The number of halogens is 2. The molecule has 0 aromatic heterocycles. The lowest BCUT2D eigenvalue weighted by molar-refractivity contribution is 0.415. The van der Waals surface area contributed by atoms with Crippen LogP contribution in [0.1, 0.15) is 5.56 Å². The third-order valence-corrected chi connectivity index (χ3v) is 5.95. The molecular formula is C15H15Cl2NO3S. The Morgan fingerprint density at radius 1 is 1.05 bits per heavy atom. The smallest absolute Gasteiger partial charge is 0.265 e. The summed E-state index contributed by atoms with van der Waals surface area (Å²) >= 11 is 12.0. The number of rotatable bonds is 4. The molecule has 0 aliphatic heterocycles. The first kappa shape index (κ1) is 16.9. The van der Waals surface area contributed by atoms with E-state index in [0.29, 0.717) is 22.0 Å². The molecule has 0 aliphatic rings. The van der Waals surface area contributed by atoms with Crippen molar-refractivity contribution in [2.45, 2.75) is 11.8 Å². The first-order valence-corrected chi connectivity index (χ1v) is 8.55. The average molecular weight is 360 g/mol. The maximum atomic E-state index is 12.7. The van der Waals surface area contributed by atoms with Gasteiger partial charge in [0.25, 0.3) is 10.0 Å². The number of methoxy groups -OCH3 is 1. The highest BCUT2D eigenvalue weighted by atomic mass is 35.5. The fraction of sp³-hybridized carbons (Fsp3) is 0.200. The number of ether oxygens (including phenoxy) is 1. The van der Waals surface area contributed by atoms with Gasteiger partial charge in [0.2, 0.25) is 0 Å². The zero-order chi connectivity index (χ0) is 16.5. The highest BCUT2D eigenvalue weighted by Crippen LogP contribution is 2.32. The van der Waals surface area contributed by atoms with Crippen LogP contribution < -0.4 is 9.04 Å². The van der Waals surface area contributed by atoms with Gasteiger partial charge in [-0.15, -0.1) is 0 Å². The lowest BCUT2D eigenvalue weighted by Crippen LogP contribution is -2.26. The molecule has 0 unspecified atom stereocenters. The predicted molar refractivity (Wildman–Crippen MR) is 89.8 cm³/mol. The molecule has 22 heavy (non-hydrogen) atoms. The molecule has 0 radical (unpaired) electrons. The highest BCUT2D eigenvalue weighted by molar-refractivity contribution is 7.93. The minimum atomic E-state index is -3.78. The largest absolute Gasteiger partial charge is 0.497 e. The van der Waals surface area contributed by atoms with Crippen molar-refractivity contribution in [1.82, 2.24) is 0 Å². The molecule has 0 saturated heterocycles. The standard InChI is InChI=1S/C15H15Cl2NO3S/c1-10-8-15(14(17)9-13(10)16)22(19,20)18(2)11-4-6-12(21-3)7-5-11/h4-9H,1-3H3. The topological polar surface area (TPSA) is 46.6 Å². The molecule has 0 saturated carbocycles. The summed E-state index contributed by atoms with van der Waals surface area (Å²) < 4.78 is 31.7. The summed E-state index contributed by atoms with van der Waals surface area (Å²) in [5, 5.41) is 0.520. The van der Waals surface area contributed by atoms with E-state index in [2.05, 4.69) is 0 Å². The number of sulfonamides is 1. The number of nitrogens with zero attached hydrogens (tertiary/aromatic N) is 1. The number of aryl methyl sites for hydroxylation is 1. The lowest BCUT2D eigenvalue weighted by atomic mass is 10.2. The molecule has 7 heteroatoms. The van der Waals surface area contributed by atoms with E-state index in [1.54, 1.807) is 38.3 Å². The minimum absolute atomic E-state index is 0.0226. The van der Waals surface area contributed by atoms with E-state index in [0.717, 1.165) is 0 Å². The molecule has 0 atom stereocenters. The summed E-state index contributed by atoms with van der Waals surface area (Å²) in [6.45, 7) is 1.73. The molecule has 4 nitrogen and oxygen atoms in total. The molecular weight excluding hydrogens is 345 g/mol. The Morgan fingerprint density at radius 2 is 1.64 bits per heavy atom. The van der Waals surface area contributed by atoms with Crippen molar-refractivity contribution in [3.05, 3.63) is 52.0 Å². The second-order valence-electron chi connectivity index (χ2n) is 4.70. The van der Waals surface area contributed by atoms with Crippen LogP contribution in [0.3, 0.4) is 0 Å². The van der Waals surface area contributed by atoms with Crippen molar-refractivity contribution in [2.24, 2.45) is 0 Å². The fourth-order valence-electron chi connectivity index (χ4n) is 1.91. The van der Waals surface area contributed by atoms with Gasteiger partial charge in [0.15, 0.2) is 0 Å². The summed E-state index contributed by atoms with van der Waals surface area (Å²) in [6, 6.07) is 9.61. The lowest BCUT2D eigenvalue weighted by Gasteiger charge is -2.21. The third kappa shape index (κ3) is 3.16. The summed E-state index contributed by atoms with van der Waals surface area (Å²) in [6.07, 6.45) is 0. The van der Waals surface area contributed by atoms with Gasteiger partial charge in [-0.25, -0.2) is 8.42 Å². The van der Waals surface area contributed by atoms with Crippen LogP contribution in [0.15, 0.2) is 41.3 Å². The summed E-state index contributed by atoms with van der Waals surface area (Å²) in [4.78, 5) is 0.0226. The Morgan fingerprint density at radius 3 is 2.18 bits per heavy atom. The second kappa shape index (κ2) is 6.36. The van der Waals surface area contributed by atoms with Crippen molar-refractivity contribution < 1.29 is 13.2 Å². The van der Waals surface area contributed by atoms with E-state index >= 15 is 0 Å². The highest BCUT2D eigenvalue weighted by Gasteiger charge is 2.25. The molecule has 0 N–H and O–H groups in total. The maximum absolute atomic E-state index is 12.7. The van der Waals surface area contributed by atoms with Crippen molar-refractivity contribution >= 4 is 38.9 Å². The molecule has 0 bridgehead atoms. The maximum Gasteiger partial charge on any atom is 0.265 e. The molecule has 0 heterocycles. The Kier molecular flexibility index (Phi) is 4.90. The molecule has 2 rings (SSSR count). The summed E-state index contributed by atoms with van der Waals surface area (Å²) in [7, 11) is -0.763. The molecule has 0 amide bonds. The fourth-order valence-corrected chi connectivity index (χ4v) is 3.91. The Balaban J connectivity index is 2.47. The number of benzene rings is 2. The van der Waals surface area contributed by atoms with Gasteiger partial charge in [-0.3, -0.25) is 4.31 Å². The second-order valence-corrected chi connectivity index (χ2v) is 7.45. The Bertz CT molecular complexity index is 789. The molecule has 0 spiro atoms. The normalized spacial score (nSPS) is 11.3.